The van der Waals surface area contributed by atoms with Gasteiger partial charge >= 0.3 is 0 Å². The van der Waals surface area contributed by atoms with Crippen LogP contribution in [0.25, 0.3) is 0 Å². The van der Waals surface area contributed by atoms with Crippen LogP contribution in [0, 0.1) is 11.7 Å². The smallest absolute Gasteiger partial charge is 0.233 e. The van der Waals surface area contributed by atoms with Gasteiger partial charge in [-0.1, -0.05) is 12.1 Å². The Hall–Kier alpha value is -1.62. The fourth-order valence-corrected chi connectivity index (χ4v) is 2.20. The Bertz CT molecular complexity index is 463. The summed E-state index contributed by atoms with van der Waals surface area (Å²) in [5.41, 5.74) is 0.593. The molecule has 2 N–H and O–H groups in total. The van der Waals surface area contributed by atoms with E-state index in [1.165, 1.54) is 18.9 Å². The molecular formula is C16H24FN3O. The molecule has 1 aromatic carbocycles. The topological polar surface area (TPSA) is 44.4 Å². The van der Waals surface area contributed by atoms with Gasteiger partial charge in [-0.3, -0.25) is 4.79 Å². The monoisotopic (exact) mass is 293 g/mol. The first kappa shape index (κ1) is 15.8. The van der Waals surface area contributed by atoms with Crippen molar-refractivity contribution in [2.24, 2.45) is 5.92 Å². The molecule has 4 nitrogen and oxygen atoms in total. The van der Waals surface area contributed by atoms with Crippen LogP contribution in [0.15, 0.2) is 24.3 Å². The van der Waals surface area contributed by atoms with Gasteiger partial charge in [0.05, 0.1) is 12.2 Å². The molecule has 21 heavy (non-hydrogen) atoms. The molecule has 116 valence electrons. The molecule has 1 aliphatic rings. The van der Waals surface area contributed by atoms with Gasteiger partial charge in [0.15, 0.2) is 0 Å². The lowest BCUT2D eigenvalue weighted by molar-refractivity contribution is -0.120. The van der Waals surface area contributed by atoms with Crippen LogP contribution in [-0.4, -0.2) is 39.1 Å². The highest BCUT2D eigenvalue weighted by atomic mass is 19.1. The SMILES string of the molecule is CN(CCCNC(=O)CNCC1CC1)c1ccccc1F. The van der Waals surface area contributed by atoms with Crippen molar-refractivity contribution in [3.63, 3.8) is 0 Å². The van der Waals surface area contributed by atoms with Gasteiger partial charge < -0.3 is 15.5 Å². The molecule has 1 aromatic rings. The standard InChI is InChI=1S/C16H24FN3O/c1-20(15-6-3-2-5-14(15)17)10-4-9-19-16(21)12-18-11-13-7-8-13/h2-3,5-6,13,18H,4,7-12H2,1H3,(H,19,21). The van der Waals surface area contributed by atoms with Gasteiger partial charge in [0.1, 0.15) is 5.82 Å². The van der Waals surface area contributed by atoms with E-state index in [9.17, 15) is 9.18 Å². The third-order valence-corrected chi connectivity index (χ3v) is 3.67. The Morgan fingerprint density at radius 2 is 2.14 bits per heavy atom. The number of rotatable bonds is 9. The lowest BCUT2D eigenvalue weighted by Gasteiger charge is -2.19. The first-order valence-corrected chi connectivity index (χ1v) is 7.60. The number of halogens is 1. The number of para-hydroxylation sites is 1. The molecule has 2 rings (SSSR count). The predicted octanol–water partition coefficient (Wildman–Crippen LogP) is 1.77. The van der Waals surface area contributed by atoms with Crippen molar-refractivity contribution in [1.29, 1.82) is 0 Å². The second-order valence-electron chi connectivity index (χ2n) is 5.65. The maximum absolute atomic E-state index is 13.6. The highest BCUT2D eigenvalue weighted by molar-refractivity contribution is 5.77. The van der Waals surface area contributed by atoms with Crippen LogP contribution < -0.4 is 15.5 Å². The average molecular weight is 293 g/mol. The lowest BCUT2D eigenvalue weighted by atomic mass is 10.2. The van der Waals surface area contributed by atoms with Crippen LogP contribution in [0.5, 0.6) is 0 Å². The minimum absolute atomic E-state index is 0.0317. The number of anilines is 1. The van der Waals surface area contributed by atoms with Gasteiger partial charge in [0.25, 0.3) is 0 Å². The Labute approximate surface area is 125 Å². The van der Waals surface area contributed by atoms with Crippen molar-refractivity contribution in [3.05, 3.63) is 30.1 Å². The third kappa shape index (κ3) is 5.71. The van der Waals surface area contributed by atoms with Crippen molar-refractivity contribution in [2.75, 3.05) is 38.1 Å². The fourth-order valence-electron chi connectivity index (χ4n) is 2.20. The van der Waals surface area contributed by atoms with E-state index in [1.807, 2.05) is 18.0 Å². The van der Waals surface area contributed by atoms with E-state index in [4.69, 9.17) is 0 Å². The second kappa shape index (κ2) is 7.98. The zero-order valence-corrected chi connectivity index (χ0v) is 12.6. The number of hydrogen-bond acceptors (Lipinski definition) is 3. The number of nitrogens with one attached hydrogen (secondary N) is 2. The Morgan fingerprint density at radius 3 is 2.86 bits per heavy atom. The zero-order chi connectivity index (χ0) is 15.1. The number of benzene rings is 1. The van der Waals surface area contributed by atoms with Gasteiger partial charge in [0, 0.05) is 20.1 Å². The fraction of sp³-hybridized carbons (Fsp3) is 0.562. The lowest BCUT2D eigenvalue weighted by Crippen LogP contribution is -2.36. The van der Waals surface area contributed by atoms with E-state index in [-0.39, 0.29) is 11.7 Å². The van der Waals surface area contributed by atoms with Crippen LogP contribution in [0.1, 0.15) is 19.3 Å². The Morgan fingerprint density at radius 1 is 1.38 bits per heavy atom. The molecule has 5 heteroatoms. The highest BCUT2D eigenvalue weighted by Gasteiger charge is 2.20. The normalized spacial score (nSPS) is 14.0. The largest absolute Gasteiger partial charge is 0.372 e. The second-order valence-corrected chi connectivity index (χ2v) is 5.65. The van der Waals surface area contributed by atoms with E-state index >= 15 is 0 Å². The molecule has 0 spiro atoms. The van der Waals surface area contributed by atoms with Gasteiger partial charge in [-0.05, 0) is 43.9 Å². The number of hydrogen-bond donors (Lipinski definition) is 2. The molecular weight excluding hydrogens is 269 g/mol. The first-order chi connectivity index (χ1) is 10.2. The van der Waals surface area contributed by atoms with Crippen LogP contribution in [0.4, 0.5) is 10.1 Å². The van der Waals surface area contributed by atoms with Gasteiger partial charge in [0.2, 0.25) is 5.91 Å². The molecule has 1 amide bonds. The zero-order valence-electron chi connectivity index (χ0n) is 12.6. The average Bonchev–Trinajstić information content (AvgIpc) is 3.28. The summed E-state index contributed by atoms with van der Waals surface area (Å²) in [5, 5.41) is 6.03. The van der Waals surface area contributed by atoms with Crippen LogP contribution in [0.3, 0.4) is 0 Å². The molecule has 0 aliphatic heterocycles. The van der Waals surface area contributed by atoms with Crippen molar-refractivity contribution in [3.8, 4) is 0 Å². The van der Waals surface area contributed by atoms with E-state index < -0.39 is 0 Å². The molecule has 1 aliphatic carbocycles. The van der Waals surface area contributed by atoms with Gasteiger partial charge in [-0.2, -0.15) is 0 Å². The van der Waals surface area contributed by atoms with Gasteiger partial charge in [-0.25, -0.2) is 4.39 Å². The van der Waals surface area contributed by atoms with Gasteiger partial charge in [-0.15, -0.1) is 0 Å². The summed E-state index contributed by atoms with van der Waals surface area (Å²) in [6.45, 7) is 2.66. The summed E-state index contributed by atoms with van der Waals surface area (Å²) in [5.74, 6) is 0.602. The quantitative estimate of drug-likeness (QED) is 0.682. The van der Waals surface area contributed by atoms with E-state index in [2.05, 4.69) is 10.6 Å². The molecule has 0 atom stereocenters. The molecule has 1 saturated carbocycles. The van der Waals surface area contributed by atoms with Crippen molar-refractivity contribution in [1.82, 2.24) is 10.6 Å². The molecule has 0 bridgehead atoms. The molecule has 1 fully saturated rings. The summed E-state index contributed by atoms with van der Waals surface area (Å²) in [4.78, 5) is 13.4. The van der Waals surface area contributed by atoms with Crippen LogP contribution in [-0.2, 0) is 4.79 Å². The van der Waals surface area contributed by atoms with E-state index in [0.717, 1.165) is 18.9 Å². The van der Waals surface area contributed by atoms with Crippen LogP contribution >= 0.6 is 0 Å². The number of carbonyl (C=O) groups is 1. The molecule has 0 heterocycles. The Kier molecular flexibility index (Phi) is 5.99. The minimum Gasteiger partial charge on any atom is -0.372 e. The summed E-state index contributed by atoms with van der Waals surface area (Å²) in [7, 11) is 1.86. The summed E-state index contributed by atoms with van der Waals surface area (Å²) >= 11 is 0. The third-order valence-electron chi connectivity index (χ3n) is 3.67. The van der Waals surface area contributed by atoms with Crippen molar-refractivity contribution >= 4 is 11.6 Å². The molecule has 0 unspecified atom stereocenters. The number of nitrogens with zero attached hydrogens (tertiary/aromatic N) is 1. The van der Waals surface area contributed by atoms with E-state index in [0.29, 0.717) is 25.3 Å². The van der Waals surface area contributed by atoms with E-state index in [1.54, 1.807) is 12.1 Å². The Balaban J connectivity index is 1.56. The van der Waals surface area contributed by atoms with Crippen molar-refractivity contribution in [2.45, 2.75) is 19.3 Å². The summed E-state index contributed by atoms with van der Waals surface area (Å²) in [6, 6.07) is 6.72. The minimum atomic E-state index is -0.215. The maximum atomic E-state index is 13.6. The van der Waals surface area contributed by atoms with Crippen molar-refractivity contribution < 1.29 is 9.18 Å². The predicted molar refractivity (Wildman–Crippen MR) is 82.9 cm³/mol. The summed E-state index contributed by atoms with van der Waals surface area (Å²) in [6.07, 6.45) is 3.37. The maximum Gasteiger partial charge on any atom is 0.233 e. The molecule has 0 aromatic heterocycles. The number of carbonyl (C=O) groups excluding carboxylic acids is 1. The van der Waals surface area contributed by atoms with Crippen LogP contribution in [0.2, 0.25) is 0 Å². The first-order valence-electron chi connectivity index (χ1n) is 7.60. The molecule has 0 radical (unpaired) electrons. The summed E-state index contributed by atoms with van der Waals surface area (Å²) < 4.78 is 13.6. The molecule has 0 saturated heterocycles. The highest BCUT2D eigenvalue weighted by Crippen LogP contribution is 2.27. The number of amides is 1.